The highest BCUT2D eigenvalue weighted by Crippen LogP contribution is 2.26. The maximum Gasteiger partial charge on any atom is 0.306 e. The summed E-state index contributed by atoms with van der Waals surface area (Å²) in [6, 6.07) is 1.93. The molecule has 0 N–H and O–H groups in total. The van der Waals surface area contributed by atoms with Crippen LogP contribution in [0.2, 0.25) is 0 Å². The number of nitro groups is 1. The van der Waals surface area contributed by atoms with Crippen molar-refractivity contribution in [1.29, 1.82) is 5.26 Å². The first-order chi connectivity index (χ1) is 8.71. The highest BCUT2D eigenvalue weighted by molar-refractivity contribution is 7.89. The summed E-state index contributed by atoms with van der Waals surface area (Å²) >= 11 is 0. The minimum absolute atomic E-state index is 0.116. The molecule has 0 atom stereocenters. The van der Waals surface area contributed by atoms with Gasteiger partial charge in [0.05, 0.1) is 11.0 Å². The molecule has 0 bridgehead atoms. The summed E-state index contributed by atoms with van der Waals surface area (Å²) < 4.78 is 50.6. The fraction of sp³-hybridized carbons (Fsp3) is 0.222. The lowest BCUT2D eigenvalue weighted by Crippen LogP contribution is -2.28. The Labute approximate surface area is 106 Å². The third kappa shape index (κ3) is 2.83. The van der Waals surface area contributed by atoms with E-state index < -0.39 is 43.7 Å². The molecule has 0 heterocycles. The van der Waals surface area contributed by atoms with Gasteiger partial charge in [0.2, 0.25) is 15.8 Å². The summed E-state index contributed by atoms with van der Waals surface area (Å²) in [4.78, 5) is 8.26. The Morgan fingerprint density at radius 2 is 2.00 bits per heavy atom. The topological polar surface area (TPSA) is 104 Å². The van der Waals surface area contributed by atoms with Crippen LogP contribution >= 0.6 is 0 Å². The minimum Gasteiger partial charge on any atom is -0.258 e. The van der Waals surface area contributed by atoms with Gasteiger partial charge in [0.1, 0.15) is 17.3 Å². The Morgan fingerprint density at radius 1 is 1.42 bits per heavy atom. The average molecular weight is 291 g/mol. The van der Waals surface area contributed by atoms with Crippen molar-refractivity contribution < 1.29 is 22.1 Å². The Hall–Kier alpha value is -2.12. The molecule has 19 heavy (non-hydrogen) atoms. The van der Waals surface area contributed by atoms with Gasteiger partial charge in [-0.15, -0.1) is 0 Å². The minimum atomic E-state index is -4.44. The summed E-state index contributed by atoms with van der Waals surface area (Å²) in [7, 11) is -3.45. The Balaban J connectivity index is 3.48. The Bertz CT molecular complexity index is 669. The Morgan fingerprint density at radius 3 is 2.47 bits per heavy atom. The predicted molar refractivity (Wildman–Crippen MR) is 58.4 cm³/mol. The van der Waals surface area contributed by atoms with Crippen molar-refractivity contribution in [2.45, 2.75) is 4.90 Å². The molecule has 0 aliphatic rings. The monoisotopic (exact) mass is 291 g/mol. The molecule has 0 spiro atoms. The first kappa shape index (κ1) is 14.9. The molecular formula is C9H7F2N3O4S. The van der Waals surface area contributed by atoms with E-state index in [4.69, 9.17) is 5.26 Å². The van der Waals surface area contributed by atoms with Crippen molar-refractivity contribution in [2.75, 3.05) is 13.6 Å². The van der Waals surface area contributed by atoms with E-state index in [1.165, 1.54) is 6.07 Å². The summed E-state index contributed by atoms with van der Waals surface area (Å²) in [5, 5.41) is 18.9. The number of sulfonamides is 1. The van der Waals surface area contributed by atoms with Gasteiger partial charge < -0.3 is 0 Å². The molecule has 0 fully saturated rings. The molecule has 7 nitrogen and oxygen atoms in total. The van der Waals surface area contributed by atoms with Gasteiger partial charge in [-0.3, -0.25) is 10.1 Å². The first-order valence-electron chi connectivity index (χ1n) is 4.68. The lowest BCUT2D eigenvalue weighted by atomic mass is 10.3. The van der Waals surface area contributed by atoms with E-state index in [9.17, 15) is 27.3 Å². The van der Waals surface area contributed by atoms with E-state index in [0.29, 0.717) is 4.31 Å². The van der Waals surface area contributed by atoms with Gasteiger partial charge in [0.15, 0.2) is 0 Å². The van der Waals surface area contributed by atoms with Gasteiger partial charge in [0.25, 0.3) is 0 Å². The van der Waals surface area contributed by atoms with E-state index in [-0.39, 0.29) is 12.1 Å². The molecule has 0 saturated heterocycles. The molecule has 0 radical (unpaired) electrons. The molecule has 10 heteroatoms. The molecule has 0 unspecified atom stereocenters. The molecule has 0 aliphatic heterocycles. The van der Waals surface area contributed by atoms with Crippen molar-refractivity contribution in [3.63, 3.8) is 0 Å². The van der Waals surface area contributed by atoms with E-state index in [1.54, 1.807) is 0 Å². The second-order valence-corrected chi connectivity index (χ2v) is 5.42. The largest absolute Gasteiger partial charge is 0.306 e. The van der Waals surface area contributed by atoms with Crippen molar-refractivity contribution in [3.8, 4) is 6.07 Å². The third-order valence-electron chi connectivity index (χ3n) is 2.18. The molecule has 0 aliphatic carbocycles. The van der Waals surface area contributed by atoms with Crippen LogP contribution in [0.3, 0.4) is 0 Å². The second kappa shape index (κ2) is 5.25. The summed E-state index contributed by atoms with van der Waals surface area (Å²) in [5.74, 6) is -2.95. The maximum absolute atomic E-state index is 13.4. The lowest BCUT2D eigenvalue weighted by molar-refractivity contribution is -0.387. The molecule has 0 aromatic heterocycles. The number of rotatable bonds is 4. The number of hydrogen-bond donors (Lipinski definition) is 0. The van der Waals surface area contributed by atoms with Crippen molar-refractivity contribution in [2.24, 2.45) is 0 Å². The second-order valence-electron chi connectivity index (χ2n) is 3.41. The number of benzene rings is 1. The number of nitro benzene ring substituents is 1. The van der Waals surface area contributed by atoms with Crippen molar-refractivity contribution in [1.82, 2.24) is 4.31 Å². The zero-order valence-corrected chi connectivity index (χ0v) is 10.3. The van der Waals surface area contributed by atoms with E-state index in [2.05, 4.69) is 0 Å². The van der Waals surface area contributed by atoms with Gasteiger partial charge in [0, 0.05) is 19.2 Å². The fourth-order valence-corrected chi connectivity index (χ4v) is 2.34. The zero-order chi connectivity index (χ0) is 14.8. The third-order valence-corrected chi connectivity index (χ3v) is 4.00. The number of halogens is 2. The molecule has 0 saturated carbocycles. The Kier molecular flexibility index (Phi) is 4.13. The van der Waals surface area contributed by atoms with Crippen LogP contribution in [0, 0.1) is 33.1 Å². The highest BCUT2D eigenvalue weighted by atomic mass is 32.2. The van der Waals surface area contributed by atoms with E-state index >= 15 is 0 Å². The van der Waals surface area contributed by atoms with Crippen molar-refractivity contribution >= 4 is 15.7 Å². The summed E-state index contributed by atoms with van der Waals surface area (Å²) in [6.07, 6.45) is 0. The number of nitrogens with zero attached hydrogens (tertiary/aromatic N) is 3. The zero-order valence-electron chi connectivity index (χ0n) is 9.50. The van der Waals surface area contributed by atoms with Crippen LogP contribution in [0.4, 0.5) is 14.5 Å². The normalized spacial score (nSPS) is 11.3. The van der Waals surface area contributed by atoms with Crippen LogP contribution < -0.4 is 0 Å². The lowest BCUT2D eigenvalue weighted by Gasteiger charge is -2.13. The quantitative estimate of drug-likeness (QED) is 0.468. The average Bonchev–Trinajstić information content (AvgIpc) is 2.28. The first-order valence-corrected chi connectivity index (χ1v) is 6.12. The smallest absolute Gasteiger partial charge is 0.258 e. The van der Waals surface area contributed by atoms with Crippen LogP contribution in [0.25, 0.3) is 0 Å². The number of hydrogen-bond acceptors (Lipinski definition) is 5. The van der Waals surface area contributed by atoms with E-state index in [0.717, 1.165) is 7.05 Å². The summed E-state index contributed by atoms with van der Waals surface area (Å²) in [5.41, 5.74) is -1.16. The standard InChI is InChI=1S/C9H7F2N3O4S/c1-13(3-2-12)19(17,18)9-5-8(14(15)16)6(10)4-7(9)11/h4-5H,3H2,1H3. The summed E-state index contributed by atoms with van der Waals surface area (Å²) in [6.45, 7) is -0.576. The molecular weight excluding hydrogens is 284 g/mol. The van der Waals surface area contributed by atoms with Gasteiger partial charge in [-0.1, -0.05) is 0 Å². The highest BCUT2D eigenvalue weighted by Gasteiger charge is 2.29. The van der Waals surface area contributed by atoms with Gasteiger partial charge in [-0.05, 0) is 0 Å². The molecule has 1 aromatic carbocycles. The molecule has 1 aromatic rings. The molecule has 1 rings (SSSR count). The predicted octanol–water partition coefficient (Wildman–Crippen LogP) is 1.02. The maximum atomic E-state index is 13.4. The van der Waals surface area contributed by atoms with Gasteiger partial charge >= 0.3 is 5.69 Å². The number of nitriles is 1. The van der Waals surface area contributed by atoms with Crippen LogP contribution in [-0.2, 0) is 10.0 Å². The van der Waals surface area contributed by atoms with Crippen LogP contribution in [0.1, 0.15) is 0 Å². The molecule has 0 amide bonds. The van der Waals surface area contributed by atoms with Crippen molar-refractivity contribution in [3.05, 3.63) is 33.9 Å². The van der Waals surface area contributed by atoms with Gasteiger partial charge in [-0.2, -0.15) is 14.0 Å². The van der Waals surface area contributed by atoms with Crippen LogP contribution in [0.15, 0.2) is 17.0 Å². The van der Waals surface area contributed by atoms with Gasteiger partial charge in [-0.25, -0.2) is 12.8 Å². The van der Waals surface area contributed by atoms with E-state index in [1.807, 2.05) is 0 Å². The fourth-order valence-electron chi connectivity index (χ4n) is 1.21. The molecule has 102 valence electrons. The SMILES string of the molecule is CN(CC#N)S(=O)(=O)c1cc([N+](=O)[O-])c(F)cc1F. The van der Waals surface area contributed by atoms with Crippen LogP contribution in [0.5, 0.6) is 0 Å². The van der Waals surface area contributed by atoms with Crippen LogP contribution in [-0.4, -0.2) is 31.2 Å².